The van der Waals surface area contributed by atoms with Gasteiger partial charge in [-0.25, -0.2) is 0 Å². The molecule has 0 aromatic heterocycles. The molecule has 1 aliphatic heterocycles. The number of anilines is 2. The van der Waals surface area contributed by atoms with Crippen LogP contribution in [0.2, 0.25) is 0 Å². The van der Waals surface area contributed by atoms with E-state index in [1.807, 2.05) is 0 Å². The summed E-state index contributed by atoms with van der Waals surface area (Å²) in [5.74, 6) is -2.11. The van der Waals surface area contributed by atoms with Crippen LogP contribution in [0.1, 0.15) is 34.1 Å². The van der Waals surface area contributed by atoms with Crippen LogP contribution in [0.15, 0.2) is 42.5 Å². The number of hydrogen-bond acceptors (Lipinski definition) is 6. The van der Waals surface area contributed by atoms with Crippen LogP contribution in [0, 0.1) is 10.1 Å². The standard InChI is InChI=1S/C19H16N4O6/c1-11(24)20-12-5-7-13(8-6-12)21-16(25)9-10-22-18(26)14-3-2-4-15(23(28)29)17(14)19(22)27/h2-8H,9-10H2,1H3,(H,20,24)(H,21,25). The zero-order chi connectivity index (χ0) is 21.1. The maximum Gasteiger partial charge on any atom is 0.282 e. The van der Waals surface area contributed by atoms with Crippen LogP contribution >= 0.6 is 0 Å². The van der Waals surface area contributed by atoms with Crippen molar-refractivity contribution in [3.63, 3.8) is 0 Å². The Balaban J connectivity index is 1.63. The van der Waals surface area contributed by atoms with Gasteiger partial charge in [0, 0.05) is 37.3 Å². The summed E-state index contributed by atoms with van der Waals surface area (Å²) < 4.78 is 0. The lowest BCUT2D eigenvalue weighted by atomic mass is 10.1. The van der Waals surface area contributed by atoms with Gasteiger partial charge in [-0.1, -0.05) is 6.07 Å². The van der Waals surface area contributed by atoms with E-state index in [1.54, 1.807) is 24.3 Å². The average molecular weight is 396 g/mol. The van der Waals surface area contributed by atoms with Gasteiger partial charge in [-0.05, 0) is 30.3 Å². The Morgan fingerprint density at radius 2 is 1.62 bits per heavy atom. The van der Waals surface area contributed by atoms with Crippen molar-refractivity contribution in [2.75, 3.05) is 17.2 Å². The number of amides is 4. The molecular weight excluding hydrogens is 380 g/mol. The van der Waals surface area contributed by atoms with Crippen LogP contribution in [0.5, 0.6) is 0 Å². The van der Waals surface area contributed by atoms with Crippen molar-refractivity contribution in [1.29, 1.82) is 0 Å². The van der Waals surface area contributed by atoms with Crippen LogP contribution in [-0.4, -0.2) is 40.0 Å². The first kappa shape index (κ1) is 19.7. The van der Waals surface area contributed by atoms with Gasteiger partial charge in [0.1, 0.15) is 5.56 Å². The second-order valence-corrected chi connectivity index (χ2v) is 6.28. The Bertz CT molecular complexity index is 1030. The van der Waals surface area contributed by atoms with Crippen LogP contribution in [0.4, 0.5) is 17.1 Å². The molecule has 0 saturated carbocycles. The second kappa shape index (κ2) is 7.89. The highest BCUT2D eigenvalue weighted by Crippen LogP contribution is 2.30. The van der Waals surface area contributed by atoms with E-state index in [2.05, 4.69) is 10.6 Å². The lowest BCUT2D eigenvalue weighted by molar-refractivity contribution is -0.385. The first-order chi connectivity index (χ1) is 13.8. The fraction of sp³-hybridized carbons (Fsp3) is 0.158. The van der Waals surface area contributed by atoms with Gasteiger partial charge in [-0.2, -0.15) is 0 Å². The lowest BCUT2D eigenvalue weighted by Crippen LogP contribution is -2.33. The molecule has 0 saturated heterocycles. The van der Waals surface area contributed by atoms with Gasteiger partial charge in [0.25, 0.3) is 17.5 Å². The number of benzene rings is 2. The topological polar surface area (TPSA) is 139 Å². The van der Waals surface area contributed by atoms with Crippen LogP contribution < -0.4 is 10.6 Å². The number of carbonyl (C=O) groups excluding carboxylic acids is 4. The van der Waals surface area contributed by atoms with E-state index in [4.69, 9.17) is 0 Å². The summed E-state index contributed by atoms with van der Waals surface area (Å²) in [5.41, 5.74) is 0.312. The molecule has 2 aromatic rings. The van der Waals surface area contributed by atoms with E-state index in [0.29, 0.717) is 11.4 Å². The van der Waals surface area contributed by atoms with Crippen LogP contribution in [-0.2, 0) is 9.59 Å². The number of nitrogens with one attached hydrogen (secondary N) is 2. The molecule has 4 amide bonds. The molecule has 1 heterocycles. The van der Waals surface area contributed by atoms with E-state index < -0.39 is 28.3 Å². The molecule has 0 atom stereocenters. The number of carbonyl (C=O) groups is 4. The van der Waals surface area contributed by atoms with Crippen molar-refractivity contribution in [2.45, 2.75) is 13.3 Å². The fourth-order valence-electron chi connectivity index (χ4n) is 2.95. The van der Waals surface area contributed by atoms with Crippen molar-refractivity contribution in [2.24, 2.45) is 0 Å². The molecule has 0 spiro atoms. The maximum atomic E-state index is 12.5. The molecule has 0 fully saturated rings. The molecular formula is C19H16N4O6. The fourth-order valence-corrected chi connectivity index (χ4v) is 2.95. The predicted octanol–water partition coefficient (Wildman–Crippen LogP) is 2.18. The normalized spacial score (nSPS) is 12.5. The first-order valence-corrected chi connectivity index (χ1v) is 8.59. The van der Waals surface area contributed by atoms with Crippen molar-refractivity contribution in [3.05, 3.63) is 63.7 Å². The Morgan fingerprint density at radius 1 is 1.00 bits per heavy atom. The zero-order valence-corrected chi connectivity index (χ0v) is 15.3. The van der Waals surface area contributed by atoms with E-state index in [-0.39, 0.29) is 30.0 Å². The van der Waals surface area contributed by atoms with Crippen LogP contribution in [0.3, 0.4) is 0 Å². The van der Waals surface area contributed by atoms with E-state index in [0.717, 1.165) is 11.0 Å². The second-order valence-electron chi connectivity index (χ2n) is 6.28. The largest absolute Gasteiger partial charge is 0.326 e. The predicted molar refractivity (Wildman–Crippen MR) is 102 cm³/mol. The summed E-state index contributed by atoms with van der Waals surface area (Å²) in [6.07, 6.45) is -0.174. The highest BCUT2D eigenvalue weighted by molar-refractivity contribution is 6.23. The van der Waals surface area contributed by atoms with Crippen molar-refractivity contribution in [3.8, 4) is 0 Å². The monoisotopic (exact) mass is 396 g/mol. The quantitative estimate of drug-likeness (QED) is 0.436. The van der Waals surface area contributed by atoms with Gasteiger partial charge in [-0.15, -0.1) is 0 Å². The molecule has 10 nitrogen and oxygen atoms in total. The molecule has 0 unspecified atom stereocenters. The Hall–Kier alpha value is -4.08. The molecule has 0 bridgehead atoms. The molecule has 3 rings (SSSR count). The Kier molecular flexibility index (Phi) is 5.35. The number of fused-ring (bicyclic) bond motifs is 1. The number of nitrogens with zero attached hydrogens (tertiary/aromatic N) is 2. The summed E-state index contributed by atoms with van der Waals surface area (Å²) >= 11 is 0. The van der Waals surface area contributed by atoms with E-state index in [9.17, 15) is 29.3 Å². The van der Waals surface area contributed by atoms with Gasteiger partial charge in [0.05, 0.1) is 10.5 Å². The summed E-state index contributed by atoms with van der Waals surface area (Å²) in [6, 6.07) is 10.2. The van der Waals surface area contributed by atoms with E-state index in [1.165, 1.54) is 19.1 Å². The minimum Gasteiger partial charge on any atom is -0.326 e. The van der Waals surface area contributed by atoms with Crippen molar-refractivity contribution >= 4 is 40.7 Å². The molecule has 29 heavy (non-hydrogen) atoms. The molecule has 1 aliphatic rings. The summed E-state index contributed by atoms with van der Waals surface area (Å²) in [7, 11) is 0. The third-order valence-corrected chi connectivity index (χ3v) is 4.23. The molecule has 2 N–H and O–H groups in total. The molecule has 0 aliphatic carbocycles. The SMILES string of the molecule is CC(=O)Nc1ccc(NC(=O)CCN2C(=O)c3cccc([N+](=O)[O-])c3C2=O)cc1. The van der Waals surface area contributed by atoms with Gasteiger partial charge in [0.15, 0.2) is 0 Å². The van der Waals surface area contributed by atoms with Gasteiger partial charge >= 0.3 is 0 Å². The molecule has 2 aromatic carbocycles. The highest BCUT2D eigenvalue weighted by atomic mass is 16.6. The van der Waals surface area contributed by atoms with Crippen LogP contribution in [0.25, 0.3) is 0 Å². The number of nitro benzene ring substituents is 1. The van der Waals surface area contributed by atoms with Gasteiger partial charge < -0.3 is 10.6 Å². The molecule has 148 valence electrons. The lowest BCUT2D eigenvalue weighted by Gasteiger charge is -2.13. The van der Waals surface area contributed by atoms with Gasteiger partial charge in [0.2, 0.25) is 11.8 Å². The van der Waals surface area contributed by atoms with Crippen molar-refractivity contribution in [1.82, 2.24) is 4.90 Å². The van der Waals surface area contributed by atoms with Gasteiger partial charge in [-0.3, -0.25) is 34.2 Å². The zero-order valence-electron chi connectivity index (χ0n) is 15.3. The van der Waals surface area contributed by atoms with Crippen molar-refractivity contribution < 1.29 is 24.1 Å². The smallest absolute Gasteiger partial charge is 0.282 e. The summed E-state index contributed by atoms with van der Waals surface area (Å²) in [5, 5.41) is 16.3. The first-order valence-electron chi connectivity index (χ1n) is 8.59. The summed E-state index contributed by atoms with van der Waals surface area (Å²) in [4.78, 5) is 59.2. The minimum absolute atomic E-state index is 0.0434. The average Bonchev–Trinajstić information content (AvgIpc) is 2.91. The third-order valence-electron chi connectivity index (χ3n) is 4.23. The highest BCUT2D eigenvalue weighted by Gasteiger charge is 2.40. The molecule has 10 heteroatoms. The number of nitro groups is 1. The Labute approximate surface area is 164 Å². The number of hydrogen-bond donors (Lipinski definition) is 2. The summed E-state index contributed by atoms with van der Waals surface area (Å²) in [6.45, 7) is 1.17. The van der Waals surface area contributed by atoms with E-state index >= 15 is 0 Å². The third kappa shape index (κ3) is 4.10. The number of imide groups is 1. The minimum atomic E-state index is -0.787. The Morgan fingerprint density at radius 3 is 2.21 bits per heavy atom. The maximum absolute atomic E-state index is 12.5. The molecule has 0 radical (unpaired) electrons. The number of rotatable bonds is 6.